The summed E-state index contributed by atoms with van der Waals surface area (Å²) in [6.45, 7) is -0.870. The molecule has 132 valence electrons. The number of halogens is 3. The fraction of sp³-hybridized carbons (Fsp3) is 0.429. The first-order chi connectivity index (χ1) is 11.1. The van der Waals surface area contributed by atoms with E-state index in [9.17, 15) is 18.0 Å². The van der Waals surface area contributed by atoms with Crippen molar-refractivity contribution >= 4 is 28.8 Å². The number of alkyl halides is 3. The highest BCUT2D eigenvalue weighted by Gasteiger charge is 2.39. The number of carbonyl (C=O) groups excluding carboxylic acids is 1. The molecule has 0 aliphatic carbocycles. The van der Waals surface area contributed by atoms with E-state index < -0.39 is 24.9 Å². The Hall–Kier alpha value is -2.49. The number of aromatic nitrogens is 1. The summed E-state index contributed by atoms with van der Waals surface area (Å²) in [7, 11) is 4.67. The molecule has 1 aromatic carbocycles. The first-order valence-electron chi connectivity index (χ1n) is 6.92. The van der Waals surface area contributed by atoms with Crippen LogP contribution in [-0.4, -0.2) is 61.0 Å². The molecule has 1 heterocycles. The predicted molar refractivity (Wildman–Crippen MR) is 82.0 cm³/mol. The van der Waals surface area contributed by atoms with Crippen LogP contribution in [0, 0.1) is 0 Å². The van der Waals surface area contributed by atoms with Crippen molar-refractivity contribution in [3.8, 4) is 0 Å². The molecule has 1 unspecified atom stereocenters. The van der Waals surface area contributed by atoms with Gasteiger partial charge >= 0.3 is 12.2 Å². The Morgan fingerprint density at radius 3 is 2.62 bits per heavy atom. The summed E-state index contributed by atoms with van der Waals surface area (Å²) in [4.78, 5) is 18.5. The van der Waals surface area contributed by atoms with E-state index in [0.717, 1.165) is 11.9 Å². The molecular weight excluding hydrogens is 329 g/mol. The highest BCUT2D eigenvalue weighted by Crippen LogP contribution is 2.24. The van der Waals surface area contributed by atoms with Crippen molar-refractivity contribution < 1.29 is 27.5 Å². The lowest BCUT2D eigenvalue weighted by Crippen LogP contribution is -2.43. The number of benzene rings is 1. The summed E-state index contributed by atoms with van der Waals surface area (Å²) < 4.78 is 42.4. The molecule has 2 N–H and O–H groups in total. The summed E-state index contributed by atoms with van der Waals surface area (Å²) in [5.41, 5.74) is 1.34. The second-order valence-corrected chi connectivity index (χ2v) is 5.44. The van der Waals surface area contributed by atoms with Gasteiger partial charge in [0.1, 0.15) is 5.52 Å². The van der Waals surface area contributed by atoms with Crippen LogP contribution >= 0.6 is 0 Å². The zero-order valence-corrected chi connectivity index (χ0v) is 13.3. The number of likely N-dealkylation sites (N-methyl/N-ethyl adjacent to an activating group) is 1. The Labute approximate surface area is 135 Å². The van der Waals surface area contributed by atoms with E-state index in [-0.39, 0.29) is 0 Å². The van der Waals surface area contributed by atoms with Gasteiger partial charge in [0.25, 0.3) is 6.01 Å². The van der Waals surface area contributed by atoms with Gasteiger partial charge in [-0.05, 0) is 12.1 Å². The van der Waals surface area contributed by atoms with E-state index in [4.69, 9.17) is 9.52 Å². The van der Waals surface area contributed by atoms with Crippen LogP contribution in [0.1, 0.15) is 0 Å². The molecule has 0 aliphatic heterocycles. The number of carbonyl (C=O) groups is 1. The van der Waals surface area contributed by atoms with Crippen LogP contribution in [0.15, 0.2) is 22.6 Å². The zero-order valence-electron chi connectivity index (χ0n) is 13.3. The molecule has 0 saturated heterocycles. The van der Waals surface area contributed by atoms with Crippen molar-refractivity contribution in [1.29, 1.82) is 0 Å². The second-order valence-electron chi connectivity index (χ2n) is 5.44. The SMILES string of the molecule is CN(CC(O)C(F)(F)F)C(=O)Nc1ccc2nc(N(C)C)oc2c1. The molecule has 0 bridgehead atoms. The normalized spacial score (nSPS) is 13.0. The van der Waals surface area contributed by atoms with E-state index in [0.29, 0.717) is 22.8 Å². The van der Waals surface area contributed by atoms with Gasteiger partial charge in [0.15, 0.2) is 11.7 Å². The molecule has 0 fully saturated rings. The largest absolute Gasteiger partial charge is 0.423 e. The smallest absolute Gasteiger partial charge is 0.416 e. The third-order valence-corrected chi connectivity index (χ3v) is 3.18. The van der Waals surface area contributed by atoms with Crippen LogP contribution in [-0.2, 0) is 0 Å². The molecule has 24 heavy (non-hydrogen) atoms. The fourth-order valence-corrected chi connectivity index (χ4v) is 1.85. The number of urea groups is 1. The fourth-order valence-electron chi connectivity index (χ4n) is 1.85. The lowest BCUT2D eigenvalue weighted by atomic mass is 10.3. The zero-order chi connectivity index (χ0) is 18.1. The average Bonchev–Trinajstić information content (AvgIpc) is 2.89. The van der Waals surface area contributed by atoms with Crippen LogP contribution in [0.4, 0.5) is 29.7 Å². The lowest BCUT2D eigenvalue weighted by Gasteiger charge is -2.22. The quantitative estimate of drug-likeness (QED) is 0.888. The molecule has 1 atom stereocenters. The first-order valence-corrected chi connectivity index (χ1v) is 6.92. The van der Waals surface area contributed by atoms with E-state index in [2.05, 4.69) is 10.3 Å². The number of anilines is 2. The minimum Gasteiger partial charge on any atom is -0.423 e. The number of fused-ring (bicyclic) bond motifs is 1. The molecule has 2 aromatic rings. The number of hydrogen-bond donors (Lipinski definition) is 2. The highest BCUT2D eigenvalue weighted by atomic mass is 19.4. The Morgan fingerprint density at radius 2 is 2.04 bits per heavy atom. The standard InChI is InChI=1S/C14H17F3N4O3/c1-20(2)13-19-9-5-4-8(6-10(9)24-13)18-12(23)21(3)7-11(22)14(15,16)17/h4-6,11,22H,7H2,1-3H3,(H,18,23). The lowest BCUT2D eigenvalue weighted by molar-refractivity contribution is -0.205. The van der Waals surface area contributed by atoms with Gasteiger partial charge in [-0.15, -0.1) is 0 Å². The maximum absolute atomic E-state index is 12.3. The van der Waals surface area contributed by atoms with Crippen LogP contribution in [0.25, 0.3) is 11.1 Å². The summed E-state index contributed by atoms with van der Waals surface area (Å²) in [5, 5.41) is 11.4. The summed E-state index contributed by atoms with van der Waals surface area (Å²) in [6.07, 6.45) is -7.39. The summed E-state index contributed by atoms with van der Waals surface area (Å²) in [6, 6.07) is 4.28. The van der Waals surface area contributed by atoms with Crippen molar-refractivity contribution in [1.82, 2.24) is 9.88 Å². The Balaban J connectivity index is 2.07. The van der Waals surface area contributed by atoms with E-state index >= 15 is 0 Å². The number of oxazole rings is 1. The summed E-state index contributed by atoms with van der Waals surface area (Å²) in [5.74, 6) is 0. The highest BCUT2D eigenvalue weighted by molar-refractivity contribution is 5.91. The number of aliphatic hydroxyl groups excluding tert-OH is 1. The van der Waals surface area contributed by atoms with Crippen molar-refractivity contribution in [2.24, 2.45) is 0 Å². The molecule has 0 saturated carbocycles. The van der Waals surface area contributed by atoms with Gasteiger partial charge in [0, 0.05) is 32.9 Å². The van der Waals surface area contributed by atoms with Gasteiger partial charge in [0.2, 0.25) is 0 Å². The van der Waals surface area contributed by atoms with Crippen LogP contribution in [0.3, 0.4) is 0 Å². The maximum atomic E-state index is 12.3. The van der Waals surface area contributed by atoms with Crippen LogP contribution < -0.4 is 10.2 Å². The third-order valence-electron chi connectivity index (χ3n) is 3.18. The van der Waals surface area contributed by atoms with Crippen molar-refractivity contribution in [2.45, 2.75) is 12.3 Å². The number of hydrogen-bond acceptors (Lipinski definition) is 5. The number of rotatable bonds is 4. The van der Waals surface area contributed by atoms with Gasteiger partial charge in [-0.2, -0.15) is 18.2 Å². The summed E-state index contributed by atoms with van der Waals surface area (Å²) >= 11 is 0. The van der Waals surface area contributed by atoms with Crippen molar-refractivity contribution in [3.05, 3.63) is 18.2 Å². The number of amides is 2. The topological polar surface area (TPSA) is 81.8 Å². The maximum Gasteiger partial charge on any atom is 0.416 e. The third kappa shape index (κ3) is 4.07. The van der Waals surface area contributed by atoms with Crippen molar-refractivity contribution in [2.75, 3.05) is 37.9 Å². The number of nitrogens with one attached hydrogen (secondary N) is 1. The molecule has 0 spiro atoms. The Bertz CT molecular complexity index is 730. The molecule has 1 aromatic heterocycles. The van der Waals surface area contributed by atoms with Crippen molar-refractivity contribution in [3.63, 3.8) is 0 Å². The van der Waals surface area contributed by atoms with Gasteiger partial charge < -0.3 is 24.6 Å². The van der Waals surface area contributed by atoms with Crippen LogP contribution in [0.2, 0.25) is 0 Å². The molecule has 2 amide bonds. The van der Waals surface area contributed by atoms with E-state index in [1.165, 1.54) is 6.07 Å². The molecule has 2 rings (SSSR count). The Morgan fingerprint density at radius 1 is 1.38 bits per heavy atom. The van der Waals surface area contributed by atoms with Gasteiger partial charge in [-0.3, -0.25) is 0 Å². The minimum atomic E-state index is -4.78. The number of nitrogens with zero attached hydrogens (tertiary/aromatic N) is 3. The second kappa shape index (κ2) is 6.56. The van der Waals surface area contributed by atoms with Gasteiger partial charge in [-0.1, -0.05) is 0 Å². The average molecular weight is 346 g/mol. The molecule has 7 nitrogen and oxygen atoms in total. The Kier molecular flexibility index (Phi) is 4.88. The minimum absolute atomic E-state index is 0.335. The molecular formula is C14H17F3N4O3. The van der Waals surface area contributed by atoms with Gasteiger partial charge in [-0.25, -0.2) is 4.79 Å². The molecule has 0 radical (unpaired) electrons. The monoisotopic (exact) mass is 346 g/mol. The van der Waals surface area contributed by atoms with Crippen LogP contribution in [0.5, 0.6) is 0 Å². The molecule has 10 heteroatoms. The first kappa shape index (κ1) is 17.9. The van der Waals surface area contributed by atoms with E-state index in [1.54, 1.807) is 31.1 Å². The van der Waals surface area contributed by atoms with E-state index in [1.807, 2.05) is 0 Å². The molecule has 0 aliphatic rings. The predicted octanol–water partition coefficient (Wildman–Crippen LogP) is 2.28. The van der Waals surface area contributed by atoms with Gasteiger partial charge in [0.05, 0.1) is 6.54 Å². The number of aliphatic hydroxyl groups is 1.